The number of fused-ring (bicyclic) bond motifs is 3. The lowest BCUT2D eigenvalue weighted by atomic mass is 9.74. The number of aromatic nitrogens is 1. The van der Waals surface area contributed by atoms with E-state index >= 15 is 0 Å². The molecule has 6 nitrogen and oxygen atoms in total. The van der Waals surface area contributed by atoms with Crippen molar-refractivity contribution in [3.63, 3.8) is 0 Å². The topological polar surface area (TPSA) is 57.8 Å². The van der Waals surface area contributed by atoms with E-state index in [0.29, 0.717) is 11.5 Å². The van der Waals surface area contributed by atoms with E-state index in [4.69, 9.17) is 9.47 Å². The van der Waals surface area contributed by atoms with Crippen LogP contribution in [0, 0.1) is 12.8 Å². The maximum Gasteiger partial charge on any atom is 0.341 e. The van der Waals surface area contributed by atoms with Crippen LogP contribution in [0.5, 0.6) is 5.75 Å². The zero-order chi connectivity index (χ0) is 22.8. The third-order valence-corrected chi connectivity index (χ3v) is 8.91. The van der Waals surface area contributed by atoms with Crippen molar-refractivity contribution in [1.82, 2.24) is 14.8 Å². The Bertz CT molecular complexity index is 1080. The Hall–Kier alpha value is -2.05. The number of nitrogens with one attached hydrogen (secondary N) is 1. The van der Waals surface area contributed by atoms with Gasteiger partial charge in [0.2, 0.25) is 0 Å². The molecule has 2 atom stereocenters. The summed E-state index contributed by atoms with van der Waals surface area (Å²) >= 11 is 0. The van der Waals surface area contributed by atoms with Gasteiger partial charge in [0, 0.05) is 60.7 Å². The molecule has 1 spiro atoms. The number of carbonyl (C=O) groups is 1. The molecule has 3 fully saturated rings. The van der Waals surface area contributed by atoms with Gasteiger partial charge in [-0.15, -0.1) is 0 Å². The Labute approximate surface area is 196 Å². The first-order valence-corrected chi connectivity index (χ1v) is 12.9. The van der Waals surface area contributed by atoms with Crippen molar-refractivity contribution in [1.29, 1.82) is 0 Å². The first-order chi connectivity index (χ1) is 15.9. The van der Waals surface area contributed by atoms with Crippen molar-refractivity contribution in [2.24, 2.45) is 5.92 Å². The molecule has 0 radical (unpaired) electrons. The Kier molecular flexibility index (Phi) is 5.04. The molecule has 33 heavy (non-hydrogen) atoms. The van der Waals surface area contributed by atoms with E-state index in [9.17, 15) is 4.79 Å². The molecule has 178 valence electrons. The number of hydrogen-bond donors (Lipinski definition) is 1. The fourth-order valence-electron chi connectivity index (χ4n) is 6.94. The van der Waals surface area contributed by atoms with Crippen LogP contribution in [-0.4, -0.2) is 65.3 Å². The minimum Gasteiger partial charge on any atom is -0.472 e. The van der Waals surface area contributed by atoms with Crippen molar-refractivity contribution in [3.8, 4) is 5.75 Å². The highest BCUT2D eigenvalue weighted by Gasteiger charge is 2.52. The number of esters is 1. The Morgan fingerprint density at radius 3 is 2.73 bits per heavy atom. The van der Waals surface area contributed by atoms with E-state index < -0.39 is 5.60 Å². The lowest BCUT2D eigenvalue weighted by molar-refractivity contribution is -0.177. The number of likely N-dealkylation sites (tertiary alicyclic amines) is 1. The number of piperidine rings is 3. The maximum absolute atomic E-state index is 13.6. The van der Waals surface area contributed by atoms with E-state index in [1.54, 1.807) is 0 Å². The van der Waals surface area contributed by atoms with E-state index in [1.165, 1.54) is 31.2 Å². The van der Waals surface area contributed by atoms with Gasteiger partial charge in [-0.25, -0.2) is 4.79 Å². The second-order valence-corrected chi connectivity index (χ2v) is 11.2. The van der Waals surface area contributed by atoms with Crippen LogP contribution in [-0.2, 0) is 11.2 Å². The van der Waals surface area contributed by atoms with Crippen LogP contribution in [0.1, 0.15) is 73.5 Å². The van der Waals surface area contributed by atoms with Crippen molar-refractivity contribution in [2.75, 3.05) is 33.2 Å². The fraction of sp³-hybridized carbons (Fsp3) is 0.667. The minimum absolute atomic E-state index is 0.148. The predicted molar refractivity (Wildman–Crippen MR) is 129 cm³/mol. The van der Waals surface area contributed by atoms with E-state index in [2.05, 4.69) is 40.9 Å². The Morgan fingerprint density at radius 1 is 1.12 bits per heavy atom. The molecule has 0 aliphatic carbocycles. The van der Waals surface area contributed by atoms with Crippen LogP contribution in [0.2, 0.25) is 0 Å². The lowest BCUT2D eigenvalue weighted by Gasteiger charge is -2.56. The van der Waals surface area contributed by atoms with Crippen LogP contribution in [0.3, 0.4) is 0 Å². The molecule has 0 amide bonds. The molecule has 1 aromatic heterocycles. The molecule has 6 heteroatoms. The van der Waals surface area contributed by atoms with Gasteiger partial charge in [0.05, 0.1) is 5.56 Å². The van der Waals surface area contributed by atoms with Crippen LogP contribution < -0.4 is 4.74 Å². The summed E-state index contributed by atoms with van der Waals surface area (Å²) in [6, 6.07) is 4.20. The molecule has 0 bridgehead atoms. The Morgan fingerprint density at radius 2 is 1.91 bits per heavy atom. The third-order valence-electron chi connectivity index (χ3n) is 8.91. The summed E-state index contributed by atoms with van der Waals surface area (Å²) in [5.74, 6) is 1.25. The van der Waals surface area contributed by atoms with Gasteiger partial charge in [-0.1, -0.05) is 0 Å². The van der Waals surface area contributed by atoms with Gasteiger partial charge >= 0.3 is 5.97 Å². The average Bonchev–Trinajstić information content (AvgIpc) is 3.15. The molecule has 4 aliphatic rings. The first kappa shape index (κ1) is 21.5. The SMILES string of the molecule is Cc1[nH]c2ccc3c(c2c1C(=O)OC1(C)CCN(C)CC1)CC1CCCN2CCCCC12O3. The second kappa shape index (κ2) is 7.74. The molecule has 1 N–H and O–H groups in total. The summed E-state index contributed by atoms with van der Waals surface area (Å²) in [5.41, 5.74) is 3.26. The minimum atomic E-state index is -0.402. The van der Waals surface area contributed by atoms with Gasteiger partial charge in [-0.2, -0.15) is 0 Å². The largest absolute Gasteiger partial charge is 0.472 e. The number of H-pyrrole nitrogens is 1. The molecule has 0 saturated carbocycles. The van der Waals surface area contributed by atoms with Crippen molar-refractivity contribution < 1.29 is 14.3 Å². The summed E-state index contributed by atoms with van der Waals surface area (Å²) in [4.78, 5) is 22.0. The number of hydrogen-bond acceptors (Lipinski definition) is 5. The smallest absolute Gasteiger partial charge is 0.341 e. The first-order valence-electron chi connectivity index (χ1n) is 12.9. The van der Waals surface area contributed by atoms with Gasteiger partial charge in [0.1, 0.15) is 11.4 Å². The highest BCUT2D eigenvalue weighted by Crippen LogP contribution is 2.50. The fourth-order valence-corrected chi connectivity index (χ4v) is 6.94. The molecule has 5 heterocycles. The second-order valence-electron chi connectivity index (χ2n) is 11.2. The van der Waals surface area contributed by atoms with Crippen molar-refractivity contribution >= 4 is 16.9 Å². The lowest BCUT2D eigenvalue weighted by Crippen LogP contribution is -2.64. The summed E-state index contributed by atoms with van der Waals surface area (Å²) in [7, 11) is 2.13. The predicted octanol–water partition coefficient (Wildman–Crippen LogP) is 4.64. The van der Waals surface area contributed by atoms with Crippen LogP contribution in [0.15, 0.2) is 12.1 Å². The van der Waals surface area contributed by atoms with Gasteiger partial charge in [0.25, 0.3) is 0 Å². The highest BCUT2D eigenvalue weighted by molar-refractivity contribution is 6.07. The molecule has 1 aromatic carbocycles. The molecular formula is C27H37N3O3. The molecular weight excluding hydrogens is 414 g/mol. The zero-order valence-electron chi connectivity index (χ0n) is 20.3. The Balaban J connectivity index is 1.38. The molecule has 4 aliphatic heterocycles. The third kappa shape index (κ3) is 3.40. The number of nitrogens with zero attached hydrogens (tertiary/aromatic N) is 2. The number of ether oxygens (including phenoxy) is 2. The number of aryl methyl sites for hydroxylation is 1. The summed E-state index contributed by atoms with van der Waals surface area (Å²) in [6.45, 7) is 8.28. The van der Waals surface area contributed by atoms with Crippen LogP contribution in [0.25, 0.3) is 10.9 Å². The van der Waals surface area contributed by atoms with Crippen molar-refractivity contribution in [3.05, 3.63) is 29.0 Å². The molecule has 6 rings (SSSR count). The standard InChI is InChI=1S/C27H37N3O3/c1-18-23(25(31)33-26(2)11-15-29(3)16-12-26)24-20-17-19-7-6-14-30-13-5-4-10-27(19,30)32-22(20)9-8-21(24)28-18/h8-9,19,28H,4-7,10-17H2,1-3H3. The molecule has 2 unspecified atom stereocenters. The molecule has 3 saturated heterocycles. The summed E-state index contributed by atoms with van der Waals surface area (Å²) in [6.07, 6.45) is 8.77. The number of benzene rings is 1. The summed E-state index contributed by atoms with van der Waals surface area (Å²) < 4.78 is 13.1. The maximum atomic E-state index is 13.6. The van der Waals surface area contributed by atoms with Crippen LogP contribution in [0.4, 0.5) is 0 Å². The monoisotopic (exact) mass is 451 g/mol. The van der Waals surface area contributed by atoms with Gasteiger partial charge in [0.15, 0.2) is 5.72 Å². The van der Waals surface area contributed by atoms with E-state index in [1.807, 2.05) is 6.92 Å². The van der Waals surface area contributed by atoms with Gasteiger partial charge < -0.3 is 19.4 Å². The normalized spacial score (nSPS) is 29.6. The average molecular weight is 452 g/mol. The summed E-state index contributed by atoms with van der Waals surface area (Å²) in [5, 5.41) is 1.02. The van der Waals surface area contributed by atoms with Crippen molar-refractivity contribution in [2.45, 2.75) is 76.5 Å². The zero-order valence-corrected chi connectivity index (χ0v) is 20.3. The van der Waals surface area contributed by atoms with E-state index in [-0.39, 0.29) is 11.7 Å². The quantitative estimate of drug-likeness (QED) is 0.674. The van der Waals surface area contributed by atoms with Gasteiger partial charge in [-0.3, -0.25) is 4.90 Å². The number of aromatic amines is 1. The number of carbonyl (C=O) groups excluding carboxylic acids is 1. The number of rotatable bonds is 2. The highest BCUT2D eigenvalue weighted by atomic mass is 16.6. The van der Waals surface area contributed by atoms with Gasteiger partial charge in [-0.05, 0) is 78.0 Å². The van der Waals surface area contributed by atoms with Crippen LogP contribution >= 0.6 is 0 Å². The molecule has 2 aromatic rings. The van der Waals surface area contributed by atoms with E-state index in [0.717, 1.165) is 74.2 Å².